The molecule has 0 saturated heterocycles. The van der Waals surface area contributed by atoms with Crippen LogP contribution in [0, 0.1) is 11.2 Å². The maximum absolute atomic E-state index is 12.6. The van der Waals surface area contributed by atoms with Gasteiger partial charge in [0, 0.05) is 0 Å². The summed E-state index contributed by atoms with van der Waals surface area (Å²) >= 11 is 0. The molecule has 1 heterocycles. The lowest BCUT2D eigenvalue weighted by Gasteiger charge is -1.97. The van der Waals surface area contributed by atoms with Crippen LogP contribution in [0.1, 0.15) is 11.5 Å². The maximum atomic E-state index is 12.6. The minimum atomic E-state index is -0.291. The Morgan fingerprint density at radius 2 is 1.82 bits per heavy atom. The SMILES string of the molecule is N=Cc1ccc(/C=N/Nc2ccc(F)cc2)o1. The van der Waals surface area contributed by atoms with Crippen molar-refractivity contribution in [2.24, 2.45) is 5.10 Å². The molecular weight excluding hydrogens is 221 g/mol. The van der Waals surface area contributed by atoms with Crippen molar-refractivity contribution >= 4 is 18.1 Å². The number of rotatable bonds is 4. The van der Waals surface area contributed by atoms with E-state index in [2.05, 4.69) is 10.5 Å². The van der Waals surface area contributed by atoms with Crippen molar-refractivity contribution in [2.45, 2.75) is 0 Å². The molecule has 0 radical (unpaired) electrons. The molecule has 0 bridgehead atoms. The fourth-order valence-corrected chi connectivity index (χ4v) is 1.21. The molecule has 86 valence electrons. The van der Waals surface area contributed by atoms with Crippen LogP contribution >= 0.6 is 0 Å². The fraction of sp³-hybridized carbons (Fsp3) is 0. The van der Waals surface area contributed by atoms with Gasteiger partial charge in [-0.2, -0.15) is 5.10 Å². The Bertz CT molecular complexity index is 531. The summed E-state index contributed by atoms with van der Waals surface area (Å²) in [6.45, 7) is 0. The van der Waals surface area contributed by atoms with Crippen LogP contribution in [-0.4, -0.2) is 12.4 Å². The van der Waals surface area contributed by atoms with Crippen molar-refractivity contribution in [1.82, 2.24) is 0 Å². The summed E-state index contributed by atoms with van der Waals surface area (Å²) in [6.07, 6.45) is 2.60. The minimum Gasteiger partial charge on any atom is -0.454 e. The lowest BCUT2D eigenvalue weighted by Crippen LogP contribution is -1.89. The van der Waals surface area contributed by atoms with E-state index in [0.717, 1.165) is 6.21 Å². The van der Waals surface area contributed by atoms with Crippen molar-refractivity contribution in [1.29, 1.82) is 5.41 Å². The molecule has 1 aromatic carbocycles. The molecule has 0 aliphatic heterocycles. The smallest absolute Gasteiger partial charge is 0.147 e. The van der Waals surface area contributed by atoms with Crippen molar-refractivity contribution in [3.63, 3.8) is 0 Å². The molecule has 17 heavy (non-hydrogen) atoms. The van der Waals surface area contributed by atoms with Crippen LogP contribution in [0.3, 0.4) is 0 Å². The highest BCUT2D eigenvalue weighted by Gasteiger charge is 1.95. The van der Waals surface area contributed by atoms with Crippen molar-refractivity contribution in [2.75, 3.05) is 5.43 Å². The number of hydrazone groups is 1. The zero-order valence-electron chi connectivity index (χ0n) is 8.85. The number of halogens is 1. The number of nitrogens with zero attached hydrogens (tertiary/aromatic N) is 1. The van der Waals surface area contributed by atoms with Crippen molar-refractivity contribution in [3.8, 4) is 0 Å². The molecule has 4 nitrogen and oxygen atoms in total. The minimum absolute atomic E-state index is 0.291. The highest BCUT2D eigenvalue weighted by molar-refractivity contribution is 5.80. The third-order valence-electron chi connectivity index (χ3n) is 2.02. The van der Waals surface area contributed by atoms with Crippen LogP contribution < -0.4 is 5.43 Å². The van der Waals surface area contributed by atoms with Gasteiger partial charge in [0.2, 0.25) is 0 Å². The standard InChI is InChI=1S/C12H10FN3O/c13-9-1-3-10(4-2-9)16-15-8-12-6-5-11(7-14)17-12/h1-8,14,16H/b14-7?,15-8+. The maximum Gasteiger partial charge on any atom is 0.147 e. The first-order valence-electron chi connectivity index (χ1n) is 4.93. The first-order chi connectivity index (χ1) is 8.28. The van der Waals surface area contributed by atoms with Gasteiger partial charge in [0.1, 0.15) is 17.3 Å². The third kappa shape index (κ3) is 3.01. The van der Waals surface area contributed by atoms with Gasteiger partial charge >= 0.3 is 0 Å². The Labute approximate surface area is 97.3 Å². The highest BCUT2D eigenvalue weighted by Crippen LogP contribution is 2.08. The van der Waals surface area contributed by atoms with Crippen molar-refractivity contribution in [3.05, 3.63) is 53.7 Å². The summed E-state index contributed by atoms with van der Waals surface area (Å²) in [5.41, 5.74) is 3.42. The lowest BCUT2D eigenvalue weighted by atomic mass is 10.3. The van der Waals surface area contributed by atoms with Crippen LogP contribution in [0.15, 0.2) is 45.9 Å². The third-order valence-corrected chi connectivity index (χ3v) is 2.02. The van der Waals surface area contributed by atoms with Gasteiger partial charge in [-0.15, -0.1) is 0 Å². The molecule has 0 spiro atoms. The largest absolute Gasteiger partial charge is 0.454 e. The monoisotopic (exact) mass is 231 g/mol. The van der Waals surface area contributed by atoms with Gasteiger partial charge in [0.05, 0.1) is 18.1 Å². The first kappa shape index (κ1) is 11.1. The molecule has 0 aliphatic carbocycles. The number of hydrogen-bond acceptors (Lipinski definition) is 4. The van der Waals surface area contributed by atoms with Gasteiger partial charge in [-0.05, 0) is 36.4 Å². The summed E-state index contributed by atoms with van der Waals surface area (Å²) in [4.78, 5) is 0. The molecule has 5 heteroatoms. The second kappa shape index (κ2) is 5.07. The van der Waals surface area contributed by atoms with E-state index in [4.69, 9.17) is 9.83 Å². The van der Waals surface area contributed by atoms with E-state index >= 15 is 0 Å². The Morgan fingerprint density at radius 3 is 2.47 bits per heavy atom. The summed E-state index contributed by atoms with van der Waals surface area (Å²) < 4.78 is 17.8. The zero-order chi connectivity index (χ0) is 12.1. The molecule has 0 atom stereocenters. The number of hydrogen-bond donors (Lipinski definition) is 2. The Balaban J connectivity index is 1.97. The van der Waals surface area contributed by atoms with Gasteiger partial charge in [-0.1, -0.05) is 0 Å². The van der Waals surface area contributed by atoms with Crippen molar-refractivity contribution < 1.29 is 8.81 Å². The number of anilines is 1. The van der Waals surface area contributed by atoms with Crippen LogP contribution in [0.25, 0.3) is 0 Å². The molecule has 0 fully saturated rings. The predicted octanol–water partition coefficient (Wildman–Crippen LogP) is 2.86. The first-order valence-corrected chi connectivity index (χ1v) is 4.93. The fourth-order valence-electron chi connectivity index (χ4n) is 1.21. The molecule has 1 aromatic heterocycles. The number of nitrogens with one attached hydrogen (secondary N) is 2. The van der Waals surface area contributed by atoms with Crippen LogP contribution in [-0.2, 0) is 0 Å². The second-order valence-corrected chi connectivity index (χ2v) is 3.26. The van der Waals surface area contributed by atoms with E-state index in [9.17, 15) is 4.39 Å². The van der Waals surface area contributed by atoms with E-state index in [-0.39, 0.29) is 5.82 Å². The molecule has 0 unspecified atom stereocenters. The molecule has 2 rings (SSSR count). The summed E-state index contributed by atoms with van der Waals surface area (Å²) in [5, 5.41) is 10.9. The Hall–Kier alpha value is -2.43. The molecule has 2 N–H and O–H groups in total. The topological polar surface area (TPSA) is 61.4 Å². The van der Waals surface area contributed by atoms with Gasteiger partial charge in [-0.3, -0.25) is 5.43 Å². The normalized spacial score (nSPS) is 10.6. The Kier molecular flexibility index (Phi) is 3.30. The quantitative estimate of drug-likeness (QED) is 0.627. The summed E-state index contributed by atoms with van der Waals surface area (Å²) in [6, 6.07) is 9.23. The van der Waals surface area contributed by atoms with Gasteiger partial charge in [0.25, 0.3) is 0 Å². The highest BCUT2D eigenvalue weighted by atomic mass is 19.1. The average Bonchev–Trinajstić information content (AvgIpc) is 2.80. The summed E-state index contributed by atoms with van der Waals surface area (Å²) in [5.74, 6) is 0.715. The summed E-state index contributed by atoms with van der Waals surface area (Å²) in [7, 11) is 0. The van der Waals surface area contributed by atoms with Gasteiger partial charge in [0.15, 0.2) is 0 Å². The van der Waals surface area contributed by atoms with E-state index in [1.165, 1.54) is 18.3 Å². The number of furan rings is 1. The molecular formula is C12H10FN3O. The van der Waals surface area contributed by atoms with E-state index < -0.39 is 0 Å². The van der Waals surface area contributed by atoms with Crippen LogP contribution in [0.5, 0.6) is 0 Å². The predicted molar refractivity (Wildman–Crippen MR) is 64.2 cm³/mol. The van der Waals surface area contributed by atoms with Gasteiger partial charge < -0.3 is 9.83 Å². The van der Waals surface area contributed by atoms with E-state index in [0.29, 0.717) is 17.2 Å². The molecule has 2 aromatic rings. The number of benzene rings is 1. The van der Waals surface area contributed by atoms with Crippen LogP contribution in [0.2, 0.25) is 0 Å². The van der Waals surface area contributed by atoms with Crippen LogP contribution in [0.4, 0.5) is 10.1 Å². The van der Waals surface area contributed by atoms with E-state index in [1.807, 2.05) is 0 Å². The van der Waals surface area contributed by atoms with E-state index in [1.54, 1.807) is 24.3 Å². The molecule has 0 aliphatic rings. The second-order valence-electron chi connectivity index (χ2n) is 3.26. The molecule has 0 saturated carbocycles. The average molecular weight is 231 g/mol. The van der Waals surface area contributed by atoms with Gasteiger partial charge in [-0.25, -0.2) is 4.39 Å². The Morgan fingerprint density at radius 1 is 1.12 bits per heavy atom. The zero-order valence-corrected chi connectivity index (χ0v) is 8.85. The molecule has 0 amide bonds. The lowest BCUT2D eigenvalue weighted by molar-refractivity contribution is 0.553.